The first-order chi connectivity index (χ1) is 16.8. The summed E-state index contributed by atoms with van der Waals surface area (Å²) in [6.45, 7) is 9.01. The number of nitrogens with zero attached hydrogens (tertiary/aromatic N) is 2. The molecule has 1 atom stereocenters. The molecule has 0 fully saturated rings. The standard InChI is InChI=1S/C28H37N3O4/c1-5-6-7-8-9-10-11-12-17-24(35-28(34)20(2)3)31-21(4)25(22-15-13-14-16-23(22)31)26(32)27(33)30-19-18-29/h13-16,24H,2,5-12,17,19H2,1,3-4H3,(H,30,33). The molecule has 2 aromatic rings. The average molecular weight is 480 g/mol. The zero-order valence-corrected chi connectivity index (χ0v) is 21.2. The van der Waals surface area contributed by atoms with E-state index >= 15 is 0 Å². The van der Waals surface area contributed by atoms with E-state index in [1.807, 2.05) is 16.7 Å². The van der Waals surface area contributed by atoms with Crippen LogP contribution in [0.2, 0.25) is 0 Å². The summed E-state index contributed by atoms with van der Waals surface area (Å²) in [6.07, 6.45) is 9.16. The molecule has 1 heterocycles. The lowest BCUT2D eigenvalue weighted by atomic mass is 10.1. The molecule has 0 aliphatic carbocycles. The molecular formula is C28H37N3O4. The number of carbonyl (C=O) groups excluding carboxylic acids is 3. The summed E-state index contributed by atoms with van der Waals surface area (Å²) in [6, 6.07) is 9.07. The van der Waals surface area contributed by atoms with Crippen LogP contribution in [0.25, 0.3) is 10.9 Å². The van der Waals surface area contributed by atoms with E-state index in [1.165, 1.54) is 32.1 Å². The molecule has 35 heavy (non-hydrogen) atoms. The normalized spacial score (nSPS) is 11.6. The summed E-state index contributed by atoms with van der Waals surface area (Å²) in [5.74, 6) is -2.05. The number of Topliss-reactive ketones (excluding diaryl/α,β-unsaturated/α-hetero) is 1. The van der Waals surface area contributed by atoms with Gasteiger partial charge >= 0.3 is 5.97 Å². The SMILES string of the molecule is C=C(C)C(=O)OC(CCCCCCCCCC)n1c(C)c(C(=O)C(=O)NCC#N)c2ccccc21. The van der Waals surface area contributed by atoms with Gasteiger partial charge in [0.1, 0.15) is 6.54 Å². The highest BCUT2D eigenvalue weighted by molar-refractivity contribution is 6.45. The molecule has 7 heteroatoms. The molecule has 1 unspecified atom stereocenters. The number of aromatic nitrogens is 1. The molecule has 1 N–H and O–H groups in total. The monoisotopic (exact) mass is 479 g/mol. The van der Waals surface area contributed by atoms with Crippen LogP contribution in [-0.2, 0) is 14.3 Å². The van der Waals surface area contributed by atoms with Gasteiger partial charge in [-0.05, 0) is 26.3 Å². The lowest BCUT2D eigenvalue weighted by molar-refractivity contribution is -0.149. The highest BCUT2D eigenvalue weighted by Crippen LogP contribution is 2.32. The number of nitriles is 1. The Hall–Kier alpha value is -3.40. The fraction of sp³-hybridized carbons (Fsp3) is 0.500. The minimum absolute atomic E-state index is 0.250. The summed E-state index contributed by atoms with van der Waals surface area (Å²) in [7, 11) is 0. The molecule has 0 saturated heterocycles. The smallest absolute Gasteiger partial charge is 0.335 e. The summed E-state index contributed by atoms with van der Waals surface area (Å²) >= 11 is 0. The van der Waals surface area contributed by atoms with E-state index in [2.05, 4.69) is 18.8 Å². The van der Waals surface area contributed by atoms with Gasteiger partial charge in [0.25, 0.3) is 11.7 Å². The maximum atomic E-state index is 13.0. The van der Waals surface area contributed by atoms with Crippen LogP contribution in [0.3, 0.4) is 0 Å². The number of unbranched alkanes of at least 4 members (excludes halogenated alkanes) is 7. The first-order valence-electron chi connectivity index (χ1n) is 12.5. The Labute approximate surface area is 208 Å². The van der Waals surface area contributed by atoms with Gasteiger partial charge in [0.05, 0.1) is 17.1 Å². The maximum Gasteiger partial charge on any atom is 0.335 e. The van der Waals surface area contributed by atoms with E-state index in [1.54, 1.807) is 32.0 Å². The second-order valence-electron chi connectivity index (χ2n) is 8.92. The fourth-order valence-corrected chi connectivity index (χ4v) is 4.28. The summed E-state index contributed by atoms with van der Waals surface area (Å²) in [4.78, 5) is 37.8. The van der Waals surface area contributed by atoms with Crippen LogP contribution in [-0.4, -0.2) is 28.8 Å². The number of carbonyl (C=O) groups is 3. The number of fused-ring (bicyclic) bond motifs is 1. The third-order valence-corrected chi connectivity index (χ3v) is 6.10. The summed E-state index contributed by atoms with van der Waals surface area (Å²) in [5.41, 5.74) is 1.80. The number of amides is 1. The van der Waals surface area contributed by atoms with Crippen molar-refractivity contribution in [3.63, 3.8) is 0 Å². The Morgan fingerprint density at radius 1 is 1.09 bits per heavy atom. The van der Waals surface area contributed by atoms with Gasteiger partial charge in [-0.2, -0.15) is 5.26 Å². The molecule has 0 aliphatic heterocycles. The quantitative estimate of drug-likeness (QED) is 0.0853. The van der Waals surface area contributed by atoms with Crippen molar-refractivity contribution in [2.45, 2.75) is 84.8 Å². The number of nitrogens with one attached hydrogen (secondary N) is 1. The van der Waals surface area contributed by atoms with Crippen LogP contribution in [0.5, 0.6) is 0 Å². The van der Waals surface area contributed by atoms with Gasteiger partial charge in [-0.25, -0.2) is 4.79 Å². The minimum atomic E-state index is -0.837. The maximum absolute atomic E-state index is 13.0. The molecule has 0 aliphatic rings. The van der Waals surface area contributed by atoms with E-state index in [4.69, 9.17) is 10.00 Å². The highest BCUT2D eigenvalue weighted by atomic mass is 16.6. The predicted molar refractivity (Wildman–Crippen MR) is 137 cm³/mol. The molecule has 1 aromatic heterocycles. The van der Waals surface area contributed by atoms with Crippen molar-refractivity contribution in [2.24, 2.45) is 0 Å². The van der Waals surface area contributed by atoms with Gasteiger partial charge in [-0.1, -0.05) is 76.6 Å². The van der Waals surface area contributed by atoms with Crippen molar-refractivity contribution < 1.29 is 19.1 Å². The molecule has 2 rings (SSSR count). The van der Waals surface area contributed by atoms with Crippen LogP contribution in [0, 0.1) is 18.3 Å². The van der Waals surface area contributed by atoms with Crippen LogP contribution in [0.1, 0.15) is 93.9 Å². The largest absolute Gasteiger partial charge is 0.438 e. The van der Waals surface area contributed by atoms with E-state index in [0.717, 1.165) is 19.3 Å². The number of hydrogen-bond donors (Lipinski definition) is 1. The summed E-state index contributed by atoms with van der Waals surface area (Å²) in [5, 5.41) is 11.7. The van der Waals surface area contributed by atoms with Crippen LogP contribution < -0.4 is 5.32 Å². The van der Waals surface area contributed by atoms with Crippen molar-refractivity contribution in [3.8, 4) is 6.07 Å². The third kappa shape index (κ3) is 7.54. The highest BCUT2D eigenvalue weighted by Gasteiger charge is 2.28. The van der Waals surface area contributed by atoms with E-state index in [9.17, 15) is 14.4 Å². The zero-order valence-electron chi connectivity index (χ0n) is 21.2. The van der Waals surface area contributed by atoms with Gasteiger partial charge < -0.3 is 14.6 Å². The van der Waals surface area contributed by atoms with Crippen molar-refractivity contribution in [1.82, 2.24) is 9.88 Å². The number of para-hydroxylation sites is 1. The molecule has 0 bridgehead atoms. The average Bonchev–Trinajstić information content (AvgIpc) is 3.14. The van der Waals surface area contributed by atoms with Crippen molar-refractivity contribution in [1.29, 1.82) is 5.26 Å². The number of ether oxygens (including phenoxy) is 1. The van der Waals surface area contributed by atoms with Gasteiger partial charge in [-0.3, -0.25) is 9.59 Å². The van der Waals surface area contributed by atoms with Crippen LogP contribution >= 0.6 is 0 Å². The van der Waals surface area contributed by atoms with Crippen LogP contribution in [0.15, 0.2) is 36.4 Å². The van der Waals surface area contributed by atoms with Gasteiger partial charge in [0.15, 0.2) is 6.23 Å². The van der Waals surface area contributed by atoms with E-state index < -0.39 is 23.9 Å². The number of benzene rings is 1. The molecule has 1 amide bonds. The van der Waals surface area contributed by atoms with E-state index in [0.29, 0.717) is 28.6 Å². The Kier molecular flexibility index (Phi) is 11.2. The Bertz CT molecular complexity index is 1090. The number of hydrogen-bond acceptors (Lipinski definition) is 5. The van der Waals surface area contributed by atoms with Crippen LogP contribution in [0.4, 0.5) is 0 Å². The molecular weight excluding hydrogens is 442 g/mol. The molecule has 188 valence electrons. The van der Waals surface area contributed by atoms with E-state index in [-0.39, 0.29) is 12.1 Å². The third-order valence-electron chi connectivity index (χ3n) is 6.10. The zero-order chi connectivity index (χ0) is 25.8. The number of ketones is 1. The first kappa shape index (κ1) is 27.8. The lowest BCUT2D eigenvalue weighted by Gasteiger charge is -2.23. The van der Waals surface area contributed by atoms with Crippen molar-refractivity contribution >= 4 is 28.6 Å². The number of rotatable bonds is 15. The predicted octanol–water partition coefficient (Wildman–Crippen LogP) is 5.92. The molecule has 0 spiro atoms. The van der Waals surface area contributed by atoms with Crippen molar-refractivity contribution in [2.75, 3.05) is 6.54 Å². The molecule has 7 nitrogen and oxygen atoms in total. The van der Waals surface area contributed by atoms with Gasteiger partial charge in [0.2, 0.25) is 0 Å². The minimum Gasteiger partial charge on any atom is -0.438 e. The Morgan fingerprint density at radius 2 is 1.71 bits per heavy atom. The topological polar surface area (TPSA) is 101 Å². The molecule has 0 radical (unpaired) electrons. The Morgan fingerprint density at radius 3 is 2.34 bits per heavy atom. The van der Waals surface area contributed by atoms with Gasteiger partial charge in [0, 0.05) is 23.1 Å². The summed E-state index contributed by atoms with van der Waals surface area (Å²) < 4.78 is 7.67. The molecule has 0 saturated carbocycles. The Balaban J connectivity index is 2.32. The second kappa shape index (κ2) is 14.1. The number of esters is 1. The molecule has 1 aromatic carbocycles. The van der Waals surface area contributed by atoms with Crippen molar-refractivity contribution in [3.05, 3.63) is 47.7 Å². The fourth-order valence-electron chi connectivity index (χ4n) is 4.28. The lowest BCUT2D eigenvalue weighted by Crippen LogP contribution is -2.31. The van der Waals surface area contributed by atoms with Gasteiger partial charge in [-0.15, -0.1) is 0 Å². The first-order valence-corrected chi connectivity index (χ1v) is 12.5. The second-order valence-corrected chi connectivity index (χ2v) is 8.92.